The van der Waals surface area contributed by atoms with Crippen LogP contribution in [0.3, 0.4) is 0 Å². The lowest BCUT2D eigenvalue weighted by molar-refractivity contribution is -0.136. The number of carbonyl (C=O) groups is 1. The quantitative estimate of drug-likeness (QED) is 0.559. The topological polar surface area (TPSA) is 35.5 Å². The largest absolute Gasteiger partial charge is 0.466 e. The van der Waals surface area contributed by atoms with E-state index in [4.69, 9.17) is 4.74 Å². The molecule has 17 heavy (non-hydrogen) atoms. The Balaban J connectivity index is 2.26. The molecule has 1 aliphatic carbocycles. The number of hydrogen-bond acceptors (Lipinski definition) is 3. The van der Waals surface area contributed by atoms with Crippen molar-refractivity contribution in [1.82, 2.24) is 0 Å². The van der Waals surface area contributed by atoms with Crippen LogP contribution in [0.5, 0.6) is 0 Å². The maximum Gasteiger partial charge on any atom is 0.333 e. The SMILES string of the molecule is COC(=O)C(C)=CCOC1CCC(C)(C)CC1. The van der Waals surface area contributed by atoms with Crippen molar-refractivity contribution >= 4 is 5.97 Å². The summed E-state index contributed by atoms with van der Waals surface area (Å²) in [4.78, 5) is 11.1. The number of rotatable bonds is 4. The minimum Gasteiger partial charge on any atom is -0.466 e. The van der Waals surface area contributed by atoms with Crippen LogP contribution in [0.15, 0.2) is 11.6 Å². The molecule has 0 spiro atoms. The molecule has 1 saturated carbocycles. The van der Waals surface area contributed by atoms with E-state index >= 15 is 0 Å². The lowest BCUT2D eigenvalue weighted by Gasteiger charge is -2.33. The lowest BCUT2D eigenvalue weighted by atomic mass is 9.76. The van der Waals surface area contributed by atoms with E-state index in [0.29, 0.717) is 23.7 Å². The van der Waals surface area contributed by atoms with Crippen molar-refractivity contribution in [3.8, 4) is 0 Å². The summed E-state index contributed by atoms with van der Waals surface area (Å²) in [6.07, 6.45) is 6.83. The summed E-state index contributed by atoms with van der Waals surface area (Å²) in [7, 11) is 1.39. The van der Waals surface area contributed by atoms with E-state index in [0.717, 1.165) is 12.8 Å². The zero-order valence-electron chi connectivity index (χ0n) is 11.4. The second kappa shape index (κ2) is 6.20. The summed E-state index contributed by atoms with van der Waals surface area (Å²) < 4.78 is 10.4. The van der Waals surface area contributed by atoms with Gasteiger partial charge in [-0.15, -0.1) is 0 Å². The van der Waals surface area contributed by atoms with Gasteiger partial charge in [-0.05, 0) is 44.1 Å². The van der Waals surface area contributed by atoms with Gasteiger partial charge in [0, 0.05) is 5.57 Å². The van der Waals surface area contributed by atoms with Crippen molar-refractivity contribution in [3.63, 3.8) is 0 Å². The highest BCUT2D eigenvalue weighted by atomic mass is 16.5. The summed E-state index contributed by atoms with van der Waals surface area (Å²) in [6, 6.07) is 0. The Bertz CT molecular complexity index is 282. The molecule has 0 bridgehead atoms. The van der Waals surface area contributed by atoms with Gasteiger partial charge in [0.05, 0.1) is 19.8 Å². The van der Waals surface area contributed by atoms with Gasteiger partial charge in [0.25, 0.3) is 0 Å². The molecule has 0 aliphatic heterocycles. The van der Waals surface area contributed by atoms with Crippen molar-refractivity contribution in [1.29, 1.82) is 0 Å². The fourth-order valence-electron chi connectivity index (χ4n) is 2.09. The molecule has 1 rings (SSSR count). The van der Waals surface area contributed by atoms with E-state index in [1.807, 2.05) is 0 Å². The van der Waals surface area contributed by atoms with Crippen molar-refractivity contribution in [2.45, 2.75) is 52.6 Å². The normalized spacial score (nSPS) is 21.3. The third kappa shape index (κ3) is 4.90. The standard InChI is InChI=1S/C14H24O3/c1-11(13(15)16-4)7-10-17-12-5-8-14(2,3)9-6-12/h7,12H,5-6,8-10H2,1-4H3. The summed E-state index contributed by atoms with van der Waals surface area (Å²) in [6.45, 7) is 6.88. The molecule has 1 fully saturated rings. The first kappa shape index (κ1) is 14.2. The van der Waals surface area contributed by atoms with Crippen LogP contribution in [0, 0.1) is 5.41 Å². The Labute approximate surface area is 104 Å². The highest BCUT2D eigenvalue weighted by Gasteiger charge is 2.26. The Morgan fingerprint density at radius 1 is 1.35 bits per heavy atom. The smallest absolute Gasteiger partial charge is 0.333 e. The third-order valence-electron chi connectivity index (χ3n) is 3.51. The molecule has 0 amide bonds. The van der Waals surface area contributed by atoms with Gasteiger partial charge in [0.15, 0.2) is 0 Å². The molecule has 0 radical (unpaired) electrons. The monoisotopic (exact) mass is 240 g/mol. The predicted octanol–water partition coefficient (Wildman–Crippen LogP) is 3.09. The fraction of sp³-hybridized carbons (Fsp3) is 0.786. The molecule has 1 aliphatic rings. The first-order valence-corrected chi connectivity index (χ1v) is 6.31. The molecule has 3 nitrogen and oxygen atoms in total. The van der Waals surface area contributed by atoms with E-state index in [2.05, 4.69) is 18.6 Å². The minimum atomic E-state index is -0.279. The highest BCUT2D eigenvalue weighted by molar-refractivity contribution is 5.87. The van der Waals surface area contributed by atoms with Crippen LogP contribution in [0.4, 0.5) is 0 Å². The van der Waals surface area contributed by atoms with Crippen LogP contribution in [-0.4, -0.2) is 25.8 Å². The number of hydrogen-bond donors (Lipinski definition) is 0. The van der Waals surface area contributed by atoms with Gasteiger partial charge in [0.2, 0.25) is 0 Å². The molecule has 3 heteroatoms. The maximum absolute atomic E-state index is 11.1. The average Bonchev–Trinajstić information content (AvgIpc) is 2.30. The molecule has 0 aromatic carbocycles. The van der Waals surface area contributed by atoms with E-state index in [1.165, 1.54) is 20.0 Å². The van der Waals surface area contributed by atoms with Gasteiger partial charge in [0.1, 0.15) is 0 Å². The second-order valence-electron chi connectivity index (χ2n) is 5.58. The van der Waals surface area contributed by atoms with Crippen LogP contribution in [-0.2, 0) is 14.3 Å². The van der Waals surface area contributed by atoms with E-state index < -0.39 is 0 Å². The van der Waals surface area contributed by atoms with Gasteiger partial charge in [-0.3, -0.25) is 0 Å². The number of methoxy groups -OCH3 is 1. The molecule has 0 N–H and O–H groups in total. The second-order valence-corrected chi connectivity index (χ2v) is 5.58. The number of carbonyl (C=O) groups excluding carboxylic acids is 1. The van der Waals surface area contributed by atoms with Crippen molar-refractivity contribution < 1.29 is 14.3 Å². The van der Waals surface area contributed by atoms with Crippen molar-refractivity contribution in [2.75, 3.05) is 13.7 Å². The van der Waals surface area contributed by atoms with Gasteiger partial charge >= 0.3 is 5.97 Å². The van der Waals surface area contributed by atoms with Crippen LogP contribution < -0.4 is 0 Å². The molecule has 0 aromatic rings. The summed E-state index contributed by atoms with van der Waals surface area (Å²) >= 11 is 0. The Hall–Kier alpha value is -0.830. The van der Waals surface area contributed by atoms with Crippen LogP contribution in [0.1, 0.15) is 46.5 Å². The molecular formula is C14H24O3. The van der Waals surface area contributed by atoms with Crippen molar-refractivity contribution in [2.24, 2.45) is 5.41 Å². The van der Waals surface area contributed by atoms with Gasteiger partial charge in [-0.2, -0.15) is 0 Å². The van der Waals surface area contributed by atoms with Gasteiger partial charge < -0.3 is 9.47 Å². The Kier molecular flexibility index (Phi) is 5.19. The Morgan fingerprint density at radius 3 is 2.47 bits per heavy atom. The van der Waals surface area contributed by atoms with Crippen LogP contribution in [0.25, 0.3) is 0 Å². The summed E-state index contributed by atoms with van der Waals surface area (Å²) in [5, 5.41) is 0. The first-order valence-electron chi connectivity index (χ1n) is 6.31. The van der Waals surface area contributed by atoms with E-state index in [9.17, 15) is 4.79 Å². The first-order chi connectivity index (χ1) is 7.94. The molecule has 0 saturated heterocycles. The van der Waals surface area contributed by atoms with Crippen molar-refractivity contribution in [3.05, 3.63) is 11.6 Å². The predicted molar refractivity (Wildman–Crippen MR) is 67.8 cm³/mol. The van der Waals surface area contributed by atoms with Crippen LogP contribution >= 0.6 is 0 Å². The molecule has 0 unspecified atom stereocenters. The molecule has 0 aromatic heterocycles. The summed E-state index contributed by atoms with van der Waals surface area (Å²) in [5.41, 5.74) is 1.08. The maximum atomic E-state index is 11.1. The zero-order valence-corrected chi connectivity index (χ0v) is 11.4. The Morgan fingerprint density at radius 2 is 1.94 bits per heavy atom. The average molecular weight is 240 g/mol. The molecule has 0 atom stereocenters. The molecule has 0 heterocycles. The lowest BCUT2D eigenvalue weighted by Crippen LogP contribution is -2.26. The highest BCUT2D eigenvalue weighted by Crippen LogP contribution is 2.36. The number of esters is 1. The molecule has 98 valence electrons. The molecular weight excluding hydrogens is 216 g/mol. The fourth-order valence-corrected chi connectivity index (χ4v) is 2.09. The van der Waals surface area contributed by atoms with E-state index in [1.54, 1.807) is 13.0 Å². The third-order valence-corrected chi connectivity index (χ3v) is 3.51. The zero-order chi connectivity index (χ0) is 12.9. The van der Waals surface area contributed by atoms with Gasteiger partial charge in [-0.1, -0.05) is 13.8 Å². The number of ether oxygens (including phenoxy) is 2. The van der Waals surface area contributed by atoms with Gasteiger partial charge in [-0.25, -0.2) is 4.79 Å². The summed E-state index contributed by atoms with van der Waals surface area (Å²) in [5.74, 6) is -0.279. The van der Waals surface area contributed by atoms with Crippen LogP contribution in [0.2, 0.25) is 0 Å². The van der Waals surface area contributed by atoms with E-state index in [-0.39, 0.29) is 5.97 Å². The minimum absolute atomic E-state index is 0.279.